The van der Waals surface area contributed by atoms with E-state index in [2.05, 4.69) is 19.6 Å². The predicted octanol–water partition coefficient (Wildman–Crippen LogP) is 4.25. The molecule has 100 valence electrons. The van der Waals surface area contributed by atoms with Crippen LogP contribution in [0.15, 0.2) is 17.5 Å². The Morgan fingerprint density at radius 2 is 2.00 bits per heavy atom. The maximum atomic E-state index is 12.2. The summed E-state index contributed by atoms with van der Waals surface area (Å²) in [4.78, 5) is 24.5. The highest BCUT2D eigenvalue weighted by Gasteiger charge is 2.25. The molecule has 0 aliphatic heterocycles. The van der Waals surface area contributed by atoms with E-state index in [1.54, 1.807) is 6.07 Å². The average molecular weight is 282 g/mol. The summed E-state index contributed by atoms with van der Waals surface area (Å²) in [6.45, 7) is 8.48. The summed E-state index contributed by atoms with van der Waals surface area (Å²) >= 11 is 1.42. The molecule has 2 nitrogen and oxygen atoms in total. The van der Waals surface area contributed by atoms with E-state index in [0.717, 1.165) is 6.42 Å². The predicted molar refractivity (Wildman–Crippen MR) is 80.2 cm³/mol. The van der Waals surface area contributed by atoms with Gasteiger partial charge in [0.15, 0.2) is 5.78 Å². The summed E-state index contributed by atoms with van der Waals surface area (Å²) in [6.07, 6.45) is 1.69. The van der Waals surface area contributed by atoms with Gasteiger partial charge >= 0.3 is 0 Å². The molecule has 0 N–H and O–H groups in total. The molecule has 1 heterocycles. The van der Waals surface area contributed by atoms with Crippen molar-refractivity contribution >= 4 is 31.0 Å². The van der Waals surface area contributed by atoms with Crippen LogP contribution in [0, 0.1) is 5.92 Å². The smallest absolute Gasteiger partial charge is 0.183 e. The van der Waals surface area contributed by atoms with E-state index in [9.17, 15) is 9.59 Å². The first-order chi connectivity index (χ1) is 8.31. The van der Waals surface area contributed by atoms with Gasteiger partial charge in [0.1, 0.15) is 5.78 Å². The van der Waals surface area contributed by atoms with Crippen LogP contribution >= 0.6 is 11.3 Å². The lowest BCUT2D eigenvalue weighted by Crippen LogP contribution is -2.24. The van der Waals surface area contributed by atoms with Crippen molar-refractivity contribution in [2.45, 2.75) is 45.5 Å². The molecule has 0 saturated carbocycles. The molecular formula is C14H22O2SSi. The van der Waals surface area contributed by atoms with Crippen molar-refractivity contribution in [1.82, 2.24) is 0 Å². The molecule has 0 aliphatic carbocycles. The maximum Gasteiger partial charge on any atom is 0.183 e. The number of thiophene rings is 1. The highest BCUT2D eigenvalue weighted by atomic mass is 32.1. The van der Waals surface area contributed by atoms with Crippen LogP contribution in [0.1, 0.15) is 29.4 Å². The Bertz CT molecular complexity index is 404. The van der Waals surface area contributed by atoms with Crippen LogP contribution < -0.4 is 0 Å². The number of Topliss-reactive ketones (excluding diaryl/α,β-unsaturated/α-hetero) is 2. The summed E-state index contributed by atoms with van der Waals surface area (Å²) in [5.41, 5.74) is 0. The molecule has 18 heavy (non-hydrogen) atoms. The zero-order chi connectivity index (χ0) is 13.8. The van der Waals surface area contributed by atoms with Crippen LogP contribution in [0.4, 0.5) is 0 Å². The third-order valence-corrected chi connectivity index (χ3v) is 5.73. The topological polar surface area (TPSA) is 34.1 Å². The number of hydrogen-bond donors (Lipinski definition) is 0. The summed E-state index contributed by atoms with van der Waals surface area (Å²) in [6, 6.07) is 4.84. The van der Waals surface area contributed by atoms with Crippen LogP contribution in [-0.2, 0) is 4.79 Å². The van der Waals surface area contributed by atoms with Gasteiger partial charge < -0.3 is 0 Å². The zero-order valence-corrected chi connectivity index (χ0v) is 13.5. The molecule has 0 fully saturated rings. The Morgan fingerprint density at radius 3 is 2.44 bits per heavy atom. The van der Waals surface area contributed by atoms with Gasteiger partial charge in [-0.3, -0.25) is 9.59 Å². The Balaban J connectivity index is 2.61. The number of carbonyl (C=O) groups is 2. The molecule has 0 bridgehead atoms. The normalized spacial score (nSPS) is 13.3. The van der Waals surface area contributed by atoms with Gasteiger partial charge in [-0.05, 0) is 24.8 Å². The van der Waals surface area contributed by atoms with Crippen LogP contribution in [0.3, 0.4) is 0 Å². The minimum Gasteiger partial charge on any atom is -0.299 e. The van der Waals surface area contributed by atoms with Crippen molar-refractivity contribution in [3.05, 3.63) is 22.4 Å². The summed E-state index contributed by atoms with van der Waals surface area (Å²) in [5.74, 6) is -0.419. The van der Waals surface area contributed by atoms with Crippen molar-refractivity contribution in [2.75, 3.05) is 0 Å². The van der Waals surface area contributed by atoms with Crippen LogP contribution in [0.5, 0.6) is 0 Å². The second-order valence-electron chi connectivity index (χ2n) is 5.96. The van der Waals surface area contributed by atoms with Crippen molar-refractivity contribution in [1.29, 1.82) is 0 Å². The van der Waals surface area contributed by atoms with Gasteiger partial charge in [-0.2, -0.15) is 0 Å². The quantitative estimate of drug-likeness (QED) is 0.425. The standard InChI is InChI=1S/C14H22O2SSi/c1-11(15)12(7-6-10-18(2,3)4)14(16)13-8-5-9-17-13/h5,8-9,12H,6-7,10H2,1-4H3. The molecule has 4 heteroatoms. The largest absolute Gasteiger partial charge is 0.299 e. The molecular weight excluding hydrogens is 260 g/mol. The summed E-state index contributed by atoms with van der Waals surface area (Å²) < 4.78 is 0. The van der Waals surface area contributed by atoms with Crippen LogP contribution in [0.2, 0.25) is 25.7 Å². The fraction of sp³-hybridized carbons (Fsp3) is 0.571. The van der Waals surface area contributed by atoms with E-state index < -0.39 is 14.0 Å². The van der Waals surface area contributed by atoms with Gasteiger partial charge in [-0.25, -0.2) is 0 Å². The number of hydrogen-bond acceptors (Lipinski definition) is 3. The van der Waals surface area contributed by atoms with Crippen molar-refractivity contribution in [2.24, 2.45) is 5.92 Å². The molecule has 1 aromatic rings. The molecule has 0 aromatic carbocycles. The fourth-order valence-electron chi connectivity index (χ4n) is 1.95. The molecule has 0 amide bonds. The highest BCUT2D eigenvalue weighted by molar-refractivity contribution is 7.12. The van der Waals surface area contributed by atoms with Gasteiger partial charge in [0.05, 0.1) is 10.8 Å². The number of rotatable bonds is 7. The number of carbonyl (C=O) groups excluding carboxylic acids is 2. The molecule has 0 radical (unpaired) electrons. The van der Waals surface area contributed by atoms with E-state index in [1.807, 2.05) is 11.4 Å². The minimum absolute atomic E-state index is 0.00368. The van der Waals surface area contributed by atoms with E-state index in [-0.39, 0.29) is 11.6 Å². The van der Waals surface area contributed by atoms with Crippen LogP contribution in [-0.4, -0.2) is 19.6 Å². The molecule has 1 atom stereocenters. The van der Waals surface area contributed by atoms with Crippen molar-refractivity contribution in [3.63, 3.8) is 0 Å². The maximum absolute atomic E-state index is 12.2. The fourth-order valence-corrected chi connectivity index (χ4v) is 3.93. The van der Waals surface area contributed by atoms with Gasteiger partial charge in [0.25, 0.3) is 0 Å². The minimum atomic E-state index is -1.08. The monoisotopic (exact) mass is 282 g/mol. The van der Waals surface area contributed by atoms with Gasteiger partial charge in [-0.15, -0.1) is 11.3 Å². The Morgan fingerprint density at radius 1 is 1.33 bits per heavy atom. The van der Waals surface area contributed by atoms with Gasteiger partial charge in [0.2, 0.25) is 0 Å². The lowest BCUT2D eigenvalue weighted by atomic mass is 9.94. The Hall–Kier alpha value is -0.743. The van der Waals surface area contributed by atoms with Gasteiger partial charge in [0, 0.05) is 8.07 Å². The first-order valence-corrected chi connectivity index (χ1v) is 11.0. The average Bonchev–Trinajstić information content (AvgIpc) is 2.74. The molecule has 1 unspecified atom stereocenters. The molecule has 1 aromatic heterocycles. The Labute approximate surface area is 114 Å². The molecule has 1 rings (SSSR count). The van der Waals surface area contributed by atoms with E-state index in [0.29, 0.717) is 11.3 Å². The number of ketones is 2. The SMILES string of the molecule is CC(=O)C(CCC[Si](C)(C)C)C(=O)c1cccs1. The van der Waals surface area contributed by atoms with Crippen molar-refractivity contribution in [3.8, 4) is 0 Å². The van der Waals surface area contributed by atoms with Gasteiger partial charge in [-0.1, -0.05) is 38.2 Å². The van der Waals surface area contributed by atoms with Crippen molar-refractivity contribution < 1.29 is 9.59 Å². The third kappa shape index (κ3) is 4.86. The summed E-state index contributed by atoms with van der Waals surface area (Å²) in [5, 5.41) is 1.88. The molecule has 0 aliphatic rings. The summed E-state index contributed by atoms with van der Waals surface area (Å²) in [7, 11) is -1.08. The second-order valence-corrected chi connectivity index (χ2v) is 12.5. The van der Waals surface area contributed by atoms with E-state index in [4.69, 9.17) is 0 Å². The first-order valence-electron chi connectivity index (χ1n) is 6.39. The lowest BCUT2D eigenvalue weighted by Gasteiger charge is -2.17. The van der Waals surface area contributed by atoms with E-state index >= 15 is 0 Å². The molecule has 0 spiro atoms. The Kier molecular flexibility index (Phi) is 5.47. The second kappa shape index (κ2) is 6.43. The molecule has 0 saturated heterocycles. The highest BCUT2D eigenvalue weighted by Crippen LogP contribution is 2.22. The van der Waals surface area contributed by atoms with E-state index in [1.165, 1.54) is 24.3 Å². The first kappa shape index (κ1) is 15.3. The zero-order valence-electron chi connectivity index (χ0n) is 11.7. The lowest BCUT2D eigenvalue weighted by molar-refractivity contribution is -0.119. The third-order valence-electron chi connectivity index (χ3n) is 2.99. The van der Waals surface area contributed by atoms with Crippen LogP contribution in [0.25, 0.3) is 0 Å².